The molecule has 1 aromatic rings. The predicted molar refractivity (Wildman–Crippen MR) is 76.4 cm³/mol. The second-order valence-electron chi connectivity index (χ2n) is 5.58. The van der Waals surface area contributed by atoms with Gasteiger partial charge in [-0.3, -0.25) is 0 Å². The minimum Gasteiger partial charge on any atom is -0.385 e. The third-order valence-electron chi connectivity index (χ3n) is 3.91. The van der Waals surface area contributed by atoms with E-state index in [-0.39, 0.29) is 6.10 Å². The Morgan fingerprint density at radius 3 is 3.05 bits per heavy atom. The molecule has 2 heterocycles. The van der Waals surface area contributed by atoms with Gasteiger partial charge in [-0.15, -0.1) is 0 Å². The smallest absolute Gasteiger partial charge is 0.126 e. The lowest BCUT2D eigenvalue weighted by molar-refractivity contribution is -0.677. The third-order valence-corrected chi connectivity index (χ3v) is 3.91. The summed E-state index contributed by atoms with van der Waals surface area (Å²) >= 11 is 0. The number of ether oxygens (including phenoxy) is 2. The number of hydrogen-bond acceptors (Lipinski definition) is 3. The van der Waals surface area contributed by atoms with Crippen molar-refractivity contribution in [3.8, 4) is 0 Å². The van der Waals surface area contributed by atoms with Gasteiger partial charge in [0.1, 0.15) is 19.2 Å². The van der Waals surface area contributed by atoms with Crippen LogP contribution in [0, 0.1) is 6.92 Å². The molecule has 0 unspecified atom stereocenters. The first-order valence-electron chi connectivity index (χ1n) is 7.47. The van der Waals surface area contributed by atoms with E-state index in [9.17, 15) is 5.11 Å². The molecule has 2 rings (SSSR count). The molecular formula is C15H27N2O3+. The van der Waals surface area contributed by atoms with E-state index < -0.39 is 6.10 Å². The number of aromatic nitrogens is 1. The zero-order valence-corrected chi connectivity index (χ0v) is 12.5. The summed E-state index contributed by atoms with van der Waals surface area (Å²) in [6.45, 7) is 5.48. The van der Waals surface area contributed by atoms with Crippen LogP contribution in [0.15, 0.2) is 12.1 Å². The van der Waals surface area contributed by atoms with E-state index in [2.05, 4.69) is 36.0 Å². The van der Waals surface area contributed by atoms with E-state index in [1.54, 1.807) is 0 Å². The van der Waals surface area contributed by atoms with Crippen LogP contribution in [0.25, 0.3) is 0 Å². The lowest BCUT2D eigenvalue weighted by Crippen LogP contribution is -2.85. The van der Waals surface area contributed by atoms with Gasteiger partial charge in [-0.25, -0.2) is 0 Å². The molecule has 5 heteroatoms. The summed E-state index contributed by atoms with van der Waals surface area (Å²) in [7, 11) is 2.07. The van der Waals surface area contributed by atoms with Crippen molar-refractivity contribution in [1.29, 1.82) is 0 Å². The van der Waals surface area contributed by atoms with Gasteiger partial charge in [0.15, 0.2) is 0 Å². The monoisotopic (exact) mass is 283 g/mol. The highest BCUT2D eigenvalue weighted by molar-refractivity contribution is 5.13. The maximum Gasteiger partial charge on any atom is 0.126 e. The summed E-state index contributed by atoms with van der Waals surface area (Å²) in [5.41, 5.74) is 2.53. The quantitative estimate of drug-likeness (QED) is 0.703. The highest BCUT2D eigenvalue weighted by Gasteiger charge is 2.16. The summed E-state index contributed by atoms with van der Waals surface area (Å²) in [6, 6.07) is 4.25. The van der Waals surface area contributed by atoms with Gasteiger partial charge in [0.2, 0.25) is 0 Å². The van der Waals surface area contributed by atoms with Crippen LogP contribution in [0.3, 0.4) is 0 Å². The first-order chi connectivity index (χ1) is 9.66. The van der Waals surface area contributed by atoms with Gasteiger partial charge >= 0.3 is 0 Å². The number of nitrogens with two attached hydrogens (primary N) is 1. The van der Waals surface area contributed by atoms with Gasteiger partial charge in [0.25, 0.3) is 0 Å². The summed E-state index contributed by atoms with van der Waals surface area (Å²) in [4.78, 5) is 0. The maximum atomic E-state index is 9.87. The van der Waals surface area contributed by atoms with Gasteiger partial charge in [-0.05, 0) is 31.9 Å². The first kappa shape index (κ1) is 15.5. The molecule has 1 aliphatic rings. The third kappa shape index (κ3) is 4.59. The SMILES string of the molecule is Cc1ccc(C[NH2+]C[C@@H](O)COC[C@H]2CCCO2)n1C. The van der Waals surface area contributed by atoms with Crippen molar-refractivity contribution < 1.29 is 19.9 Å². The molecule has 0 aromatic carbocycles. The van der Waals surface area contributed by atoms with Crippen molar-refractivity contribution in [1.82, 2.24) is 4.57 Å². The average Bonchev–Trinajstić information content (AvgIpc) is 3.04. The Morgan fingerprint density at radius 2 is 2.40 bits per heavy atom. The van der Waals surface area contributed by atoms with E-state index in [1.165, 1.54) is 11.4 Å². The molecule has 3 N–H and O–H groups in total. The Labute approximate surface area is 120 Å². The lowest BCUT2D eigenvalue weighted by Gasteiger charge is -2.13. The van der Waals surface area contributed by atoms with Crippen LogP contribution < -0.4 is 5.32 Å². The normalized spacial score (nSPS) is 20.4. The maximum absolute atomic E-state index is 9.87. The van der Waals surface area contributed by atoms with Gasteiger partial charge in [0.05, 0.1) is 25.0 Å². The molecule has 0 amide bonds. The van der Waals surface area contributed by atoms with Crippen molar-refractivity contribution in [2.45, 2.75) is 38.5 Å². The molecule has 2 atom stereocenters. The second-order valence-corrected chi connectivity index (χ2v) is 5.58. The number of aliphatic hydroxyl groups excluding tert-OH is 1. The molecule has 1 saturated heterocycles. The summed E-state index contributed by atoms with van der Waals surface area (Å²) in [5.74, 6) is 0. The van der Waals surface area contributed by atoms with Crippen LogP contribution in [0.4, 0.5) is 0 Å². The van der Waals surface area contributed by atoms with E-state index in [1.807, 2.05) is 0 Å². The summed E-state index contributed by atoms with van der Waals surface area (Å²) in [5, 5.41) is 12.0. The molecule has 0 spiro atoms. The van der Waals surface area contributed by atoms with Gasteiger partial charge in [-0.1, -0.05) is 0 Å². The zero-order chi connectivity index (χ0) is 14.4. The largest absolute Gasteiger partial charge is 0.385 e. The average molecular weight is 283 g/mol. The molecule has 1 fully saturated rings. The van der Waals surface area contributed by atoms with Crippen LogP contribution in [0.1, 0.15) is 24.2 Å². The second kappa shape index (κ2) is 7.78. The highest BCUT2D eigenvalue weighted by Crippen LogP contribution is 2.11. The number of nitrogens with zero attached hydrogens (tertiary/aromatic N) is 1. The number of rotatable bonds is 8. The fourth-order valence-corrected chi connectivity index (χ4v) is 2.47. The van der Waals surface area contributed by atoms with E-state index >= 15 is 0 Å². The van der Waals surface area contributed by atoms with Crippen molar-refractivity contribution in [2.75, 3.05) is 26.4 Å². The van der Waals surface area contributed by atoms with Gasteiger partial charge in [-0.2, -0.15) is 0 Å². The Morgan fingerprint density at radius 1 is 1.55 bits per heavy atom. The molecule has 5 nitrogen and oxygen atoms in total. The van der Waals surface area contributed by atoms with Crippen LogP contribution in [0.2, 0.25) is 0 Å². The van der Waals surface area contributed by atoms with Crippen molar-refractivity contribution in [3.05, 3.63) is 23.5 Å². The molecule has 0 radical (unpaired) electrons. The fourth-order valence-electron chi connectivity index (χ4n) is 2.47. The Bertz CT molecular complexity index is 400. The number of aliphatic hydroxyl groups is 1. The van der Waals surface area contributed by atoms with Crippen LogP contribution >= 0.6 is 0 Å². The fraction of sp³-hybridized carbons (Fsp3) is 0.733. The Kier molecular flexibility index (Phi) is 6.04. The number of aryl methyl sites for hydroxylation is 1. The highest BCUT2D eigenvalue weighted by atomic mass is 16.5. The lowest BCUT2D eigenvalue weighted by atomic mass is 10.2. The number of hydrogen-bond donors (Lipinski definition) is 2. The Hall–Kier alpha value is -0.880. The van der Waals surface area contributed by atoms with Crippen LogP contribution in [-0.2, 0) is 23.1 Å². The van der Waals surface area contributed by atoms with Crippen molar-refractivity contribution in [3.63, 3.8) is 0 Å². The minimum atomic E-state index is -0.419. The summed E-state index contributed by atoms with van der Waals surface area (Å²) in [6.07, 6.45) is 2.02. The van der Waals surface area contributed by atoms with E-state index in [4.69, 9.17) is 9.47 Å². The minimum absolute atomic E-state index is 0.234. The van der Waals surface area contributed by atoms with E-state index in [0.717, 1.165) is 26.0 Å². The molecule has 1 aromatic heterocycles. The molecular weight excluding hydrogens is 256 g/mol. The topological polar surface area (TPSA) is 60.2 Å². The molecule has 114 valence electrons. The van der Waals surface area contributed by atoms with Crippen molar-refractivity contribution in [2.24, 2.45) is 7.05 Å². The zero-order valence-electron chi connectivity index (χ0n) is 12.5. The molecule has 0 aliphatic carbocycles. The van der Waals surface area contributed by atoms with Crippen LogP contribution in [0.5, 0.6) is 0 Å². The molecule has 20 heavy (non-hydrogen) atoms. The standard InChI is InChI=1S/C15H26N2O3/c1-12-5-6-13(17(12)2)8-16-9-14(18)10-19-11-15-4-3-7-20-15/h5-6,14-16,18H,3-4,7-11H2,1-2H3/p+1/t14-,15-/m1/s1. The number of quaternary nitrogens is 1. The summed E-state index contributed by atoms with van der Waals surface area (Å²) < 4.78 is 13.2. The molecule has 1 aliphatic heterocycles. The molecule has 0 bridgehead atoms. The first-order valence-corrected chi connectivity index (χ1v) is 7.47. The van der Waals surface area contributed by atoms with Crippen LogP contribution in [-0.4, -0.2) is 48.2 Å². The Balaban J connectivity index is 1.55. The van der Waals surface area contributed by atoms with E-state index in [0.29, 0.717) is 19.8 Å². The van der Waals surface area contributed by atoms with Gasteiger partial charge < -0.3 is 24.5 Å². The predicted octanol–water partition coefficient (Wildman–Crippen LogP) is -0.0466. The molecule has 0 saturated carbocycles. The van der Waals surface area contributed by atoms with Crippen molar-refractivity contribution >= 4 is 0 Å². The van der Waals surface area contributed by atoms with Gasteiger partial charge in [0, 0.05) is 19.3 Å².